The van der Waals surface area contributed by atoms with Crippen molar-refractivity contribution in [2.75, 3.05) is 13.3 Å². The average molecular weight is 503 g/mol. The van der Waals surface area contributed by atoms with E-state index in [1.54, 1.807) is 6.92 Å². The fourth-order valence-corrected chi connectivity index (χ4v) is 5.59. The number of aliphatic imine (C=N–C) groups is 1. The molecular weight excluding hydrogens is 484 g/mol. The summed E-state index contributed by atoms with van der Waals surface area (Å²) >= 11 is 1.09. The number of fused-ring (bicyclic) bond motifs is 1. The molecule has 2 heterocycles. The van der Waals surface area contributed by atoms with Gasteiger partial charge in [-0.25, -0.2) is 18.2 Å². The summed E-state index contributed by atoms with van der Waals surface area (Å²) in [5.74, 6) is -3.48. The first-order valence-corrected chi connectivity index (χ1v) is 11.0. The maximum absolute atomic E-state index is 14.8. The molecule has 0 radical (unpaired) electrons. The number of hydrogen-bond acceptors (Lipinski definition) is 6. The molecule has 2 aromatic rings. The van der Waals surface area contributed by atoms with Crippen LogP contribution in [-0.4, -0.2) is 40.1 Å². The first-order valence-electron chi connectivity index (χ1n) is 10.1. The number of ketones is 1. The number of nitrogens with zero attached hydrogens (tertiary/aromatic N) is 2. The summed E-state index contributed by atoms with van der Waals surface area (Å²) in [7, 11) is 0. The van der Waals surface area contributed by atoms with Crippen molar-refractivity contribution in [1.82, 2.24) is 4.98 Å². The Labute approximate surface area is 194 Å². The van der Waals surface area contributed by atoms with Gasteiger partial charge in [-0.3, -0.25) is 9.79 Å². The van der Waals surface area contributed by atoms with Crippen molar-refractivity contribution in [2.24, 2.45) is 16.6 Å². The number of hydrogen-bond donors (Lipinski definition) is 1. The Kier molecular flexibility index (Phi) is 6.07. The summed E-state index contributed by atoms with van der Waals surface area (Å²) in [6.07, 6.45) is -3.52. The van der Waals surface area contributed by atoms with Crippen LogP contribution in [0.3, 0.4) is 0 Å². The molecule has 1 saturated carbocycles. The van der Waals surface area contributed by atoms with Gasteiger partial charge in [-0.2, -0.15) is 13.2 Å². The molecule has 2 N–H and O–H groups in total. The van der Waals surface area contributed by atoms with E-state index >= 15 is 0 Å². The van der Waals surface area contributed by atoms with Gasteiger partial charge in [-0.05, 0) is 43.2 Å². The number of rotatable bonds is 7. The largest absolute Gasteiger partial charge is 0.483 e. The topological polar surface area (TPSA) is 77.6 Å². The first-order chi connectivity index (χ1) is 15.9. The molecule has 0 bridgehead atoms. The third-order valence-corrected chi connectivity index (χ3v) is 7.27. The molecule has 1 aromatic heterocycles. The summed E-state index contributed by atoms with van der Waals surface area (Å²) in [5, 5.41) is 0.0761. The van der Waals surface area contributed by atoms with Crippen molar-refractivity contribution in [3.05, 3.63) is 58.9 Å². The number of alkyl halides is 4. The number of carbonyl (C=O) groups is 1. The number of nitrogens with two attached hydrogens (primary N) is 1. The molecule has 3 atom stereocenters. The van der Waals surface area contributed by atoms with Gasteiger partial charge in [0.15, 0.2) is 29.2 Å². The Hall–Kier alpha value is -2.76. The van der Waals surface area contributed by atoms with Crippen LogP contribution in [0.5, 0.6) is 5.75 Å². The van der Waals surface area contributed by atoms with Crippen molar-refractivity contribution >= 4 is 22.7 Å². The van der Waals surface area contributed by atoms with E-state index in [-0.39, 0.29) is 34.2 Å². The molecule has 34 heavy (non-hydrogen) atoms. The first kappa shape index (κ1) is 24.4. The quantitative estimate of drug-likeness (QED) is 0.437. The Balaban J connectivity index is 1.56. The number of aromatic nitrogens is 1. The Morgan fingerprint density at radius 1 is 1.29 bits per heavy atom. The molecule has 0 unspecified atom stereocenters. The number of halogens is 6. The van der Waals surface area contributed by atoms with E-state index in [0.29, 0.717) is 6.42 Å². The number of benzene rings is 1. The van der Waals surface area contributed by atoms with Gasteiger partial charge >= 0.3 is 6.18 Å². The number of Topliss-reactive ketones (excluding diaryl/α,β-unsaturated/α-hetero) is 1. The summed E-state index contributed by atoms with van der Waals surface area (Å²) in [6.45, 7) is -0.633. The number of pyridine rings is 1. The van der Waals surface area contributed by atoms with Gasteiger partial charge < -0.3 is 10.5 Å². The molecule has 1 aromatic carbocycles. The normalized spacial score (nSPS) is 26.0. The van der Waals surface area contributed by atoms with Gasteiger partial charge in [0.1, 0.15) is 18.1 Å². The van der Waals surface area contributed by atoms with E-state index in [9.17, 15) is 31.1 Å². The summed E-state index contributed by atoms with van der Waals surface area (Å²) in [4.78, 5) is 20.7. The maximum Gasteiger partial charge on any atom is 0.422 e. The summed E-state index contributed by atoms with van der Waals surface area (Å²) < 4.78 is 83.5. The van der Waals surface area contributed by atoms with Crippen LogP contribution in [-0.2, 0) is 12.0 Å². The van der Waals surface area contributed by atoms with Gasteiger partial charge in [-0.15, -0.1) is 0 Å². The lowest BCUT2D eigenvalue weighted by molar-refractivity contribution is -0.153. The lowest BCUT2D eigenvalue weighted by atomic mass is 9.84. The van der Waals surface area contributed by atoms with Crippen molar-refractivity contribution in [3.63, 3.8) is 0 Å². The van der Waals surface area contributed by atoms with Crippen molar-refractivity contribution in [1.29, 1.82) is 0 Å². The lowest BCUT2D eigenvalue weighted by Gasteiger charge is -2.33. The summed E-state index contributed by atoms with van der Waals surface area (Å²) in [5.41, 5.74) is 4.48. The van der Waals surface area contributed by atoms with Crippen LogP contribution in [0.15, 0.2) is 35.5 Å². The second kappa shape index (κ2) is 8.47. The van der Waals surface area contributed by atoms with Crippen molar-refractivity contribution < 1.29 is 35.9 Å². The van der Waals surface area contributed by atoms with Gasteiger partial charge in [-0.1, -0.05) is 11.8 Å². The fraction of sp³-hybridized carbons (Fsp3) is 0.409. The fourth-order valence-electron chi connectivity index (χ4n) is 4.26. The Morgan fingerprint density at radius 3 is 2.65 bits per heavy atom. The molecule has 182 valence electrons. The zero-order valence-electron chi connectivity index (χ0n) is 17.8. The molecule has 1 aliphatic carbocycles. The molecule has 1 fully saturated rings. The predicted molar refractivity (Wildman–Crippen MR) is 114 cm³/mol. The number of thioether (sulfide) groups is 1. The number of ether oxygens (including phenoxy) is 1. The lowest BCUT2D eigenvalue weighted by Crippen LogP contribution is -2.37. The maximum atomic E-state index is 14.8. The molecule has 0 saturated heterocycles. The van der Waals surface area contributed by atoms with Gasteiger partial charge in [0, 0.05) is 17.9 Å². The molecular formula is C22H19F6N3O2S. The van der Waals surface area contributed by atoms with Crippen LogP contribution in [0.2, 0.25) is 0 Å². The SMILES string of the molecule is C[C@]1(c2cc(CC(=O)c3ccc(OCC(F)(F)F)cn3)cc(F)c2F)N=C(N)S[C@@]2(CF)C[C@H]21. The number of carbonyl (C=O) groups excluding carboxylic acids is 1. The minimum atomic E-state index is -4.52. The molecule has 4 rings (SSSR count). The third-order valence-electron chi connectivity index (χ3n) is 6.00. The van der Waals surface area contributed by atoms with E-state index < -0.39 is 53.1 Å². The predicted octanol–water partition coefficient (Wildman–Crippen LogP) is 4.73. The van der Waals surface area contributed by atoms with E-state index in [4.69, 9.17) is 5.73 Å². The minimum absolute atomic E-state index is 0.0761. The molecule has 5 nitrogen and oxygen atoms in total. The molecule has 0 spiro atoms. The zero-order valence-corrected chi connectivity index (χ0v) is 18.6. The highest BCUT2D eigenvalue weighted by atomic mass is 32.2. The van der Waals surface area contributed by atoms with Crippen molar-refractivity contribution in [2.45, 2.75) is 36.2 Å². The minimum Gasteiger partial charge on any atom is -0.483 e. The molecule has 2 aliphatic rings. The number of amidine groups is 1. The second-order valence-electron chi connectivity index (χ2n) is 8.48. The van der Waals surface area contributed by atoms with Gasteiger partial charge in [0.2, 0.25) is 0 Å². The van der Waals surface area contributed by atoms with E-state index in [2.05, 4.69) is 14.7 Å². The van der Waals surface area contributed by atoms with E-state index in [1.165, 1.54) is 12.1 Å². The molecule has 0 amide bonds. The molecule has 1 aliphatic heterocycles. The zero-order chi connectivity index (χ0) is 24.9. The smallest absolute Gasteiger partial charge is 0.422 e. The van der Waals surface area contributed by atoms with Crippen LogP contribution < -0.4 is 10.5 Å². The monoisotopic (exact) mass is 503 g/mol. The van der Waals surface area contributed by atoms with Crippen LogP contribution in [0.25, 0.3) is 0 Å². The van der Waals surface area contributed by atoms with Crippen LogP contribution >= 0.6 is 11.8 Å². The standard InChI is InChI=1S/C22H19F6N3O2S/c1-20(17-7-21(17,9-23)34-19(29)31-20)13-4-11(5-14(24)18(13)25)6-16(32)15-3-2-12(8-30-15)33-10-22(26,27)28/h2-5,8,17H,6-7,9-10H2,1H3,(H2,29,31)/t17-,20+,21+/m0/s1. The van der Waals surface area contributed by atoms with Crippen LogP contribution in [0.4, 0.5) is 26.3 Å². The summed E-state index contributed by atoms with van der Waals surface area (Å²) in [6, 6.07) is 4.52. The van der Waals surface area contributed by atoms with Crippen LogP contribution in [0, 0.1) is 17.6 Å². The third kappa shape index (κ3) is 4.59. The van der Waals surface area contributed by atoms with Crippen molar-refractivity contribution in [3.8, 4) is 5.75 Å². The van der Waals surface area contributed by atoms with E-state index in [0.717, 1.165) is 30.1 Å². The highest BCUT2D eigenvalue weighted by Gasteiger charge is 2.66. The van der Waals surface area contributed by atoms with Gasteiger partial charge in [0.05, 0.1) is 16.5 Å². The highest BCUT2D eigenvalue weighted by Crippen LogP contribution is 2.66. The Bertz CT molecular complexity index is 1160. The highest BCUT2D eigenvalue weighted by molar-refractivity contribution is 8.15. The Morgan fingerprint density at radius 2 is 2.03 bits per heavy atom. The molecule has 12 heteroatoms. The van der Waals surface area contributed by atoms with Gasteiger partial charge in [0.25, 0.3) is 0 Å². The van der Waals surface area contributed by atoms with Crippen LogP contribution in [0.1, 0.15) is 35.0 Å². The average Bonchev–Trinajstić information content (AvgIpc) is 3.50. The van der Waals surface area contributed by atoms with E-state index in [1.807, 2.05) is 0 Å². The second-order valence-corrected chi connectivity index (χ2v) is 9.91.